The highest BCUT2D eigenvalue weighted by atomic mass is 16.5. The minimum atomic E-state index is -1.04. The maximum absolute atomic E-state index is 12.3. The highest BCUT2D eigenvalue weighted by Crippen LogP contribution is 2.25. The van der Waals surface area contributed by atoms with Crippen LogP contribution in [0.3, 0.4) is 0 Å². The molecule has 0 aromatic carbocycles. The molecule has 1 heterocycles. The van der Waals surface area contributed by atoms with E-state index in [1.54, 1.807) is 6.92 Å². The first-order valence-corrected chi connectivity index (χ1v) is 6.95. The van der Waals surface area contributed by atoms with E-state index in [4.69, 9.17) is 15.6 Å². The largest absolute Gasteiger partial charge is 0.480 e. The lowest BCUT2D eigenvalue weighted by atomic mass is 9.97. The van der Waals surface area contributed by atoms with Gasteiger partial charge in [-0.05, 0) is 13.3 Å². The molecular weight excluding hydrogens is 278 g/mol. The van der Waals surface area contributed by atoms with Crippen LogP contribution < -0.4 is 5.73 Å². The van der Waals surface area contributed by atoms with Gasteiger partial charge < -0.3 is 25.4 Å². The Morgan fingerprint density at radius 1 is 1.38 bits per heavy atom. The van der Waals surface area contributed by atoms with E-state index in [-0.39, 0.29) is 19.2 Å². The second kappa shape index (κ2) is 7.26. The molecule has 1 fully saturated rings. The summed E-state index contributed by atoms with van der Waals surface area (Å²) >= 11 is 0. The van der Waals surface area contributed by atoms with E-state index >= 15 is 0 Å². The lowest BCUT2D eigenvalue weighted by Gasteiger charge is -2.48. The second-order valence-electron chi connectivity index (χ2n) is 5.51. The Kier molecular flexibility index (Phi) is 5.95. The van der Waals surface area contributed by atoms with Gasteiger partial charge in [-0.3, -0.25) is 4.79 Å². The molecule has 0 bridgehead atoms. The lowest BCUT2D eigenvalue weighted by molar-refractivity contribution is -0.160. The molecular formula is C13H23N3O5. The molecule has 3 amide bonds. The number of urea groups is 1. The van der Waals surface area contributed by atoms with E-state index < -0.39 is 17.5 Å². The van der Waals surface area contributed by atoms with Gasteiger partial charge >= 0.3 is 12.0 Å². The zero-order valence-electron chi connectivity index (χ0n) is 12.5. The number of carbonyl (C=O) groups is 3. The van der Waals surface area contributed by atoms with Crippen LogP contribution in [0.1, 0.15) is 26.7 Å². The number of amides is 3. The van der Waals surface area contributed by atoms with Crippen LogP contribution in [-0.2, 0) is 14.3 Å². The van der Waals surface area contributed by atoms with Crippen LogP contribution >= 0.6 is 0 Å². The molecule has 120 valence electrons. The summed E-state index contributed by atoms with van der Waals surface area (Å²) in [6.45, 7) is 4.33. The molecule has 8 heteroatoms. The lowest BCUT2D eigenvalue weighted by Crippen LogP contribution is -2.66. The molecule has 0 saturated carbocycles. The third kappa shape index (κ3) is 5.22. The van der Waals surface area contributed by atoms with Crippen LogP contribution in [0.5, 0.6) is 0 Å². The summed E-state index contributed by atoms with van der Waals surface area (Å²) in [5.74, 6) is -1.59. The molecule has 1 rings (SSSR count). The van der Waals surface area contributed by atoms with Crippen molar-refractivity contribution in [3.05, 3.63) is 0 Å². The van der Waals surface area contributed by atoms with Gasteiger partial charge in [-0.1, -0.05) is 13.3 Å². The molecule has 0 aliphatic carbocycles. The predicted octanol–water partition coefficient (Wildman–Crippen LogP) is -0.131. The number of unbranched alkanes of at least 4 members (excludes halogenated alkanes) is 1. The van der Waals surface area contributed by atoms with Crippen molar-refractivity contribution in [2.75, 3.05) is 32.8 Å². The third-order valence-corrected chi connectivity index (χ3v) is 3.26. The van der Waals surface area contributed by atoms with E-state index in [0.29, 0.717) is 19.6 Å². The molecule has 1 aliphatic heterocycles. The average Bonchev–Trinajstić information content (AvgIpc) is 2.36. The number of likely N-dealkylation sites (tertiary alicyclic amines) is 1. The van der Waals surface area contributed by atoms with Gasteiger partial charge in [-0.15, -0.1) is 0 Å². The van der Waals surface area contributed by atoms with Crippen molar-refractivity contribution in [3.63, 3.8) is 0 Å². The summed E-state index contributed by atoms with van der Waals surface area (Å²) in [6.07, 6.45) is 1.70. The first kappa shape index (κ1) is 17.2. The minimum absolute atomic E-state index is 0.109. The van der Waals surface area contributed by atoms with Crippen molar-refractivity contribution in [3.8, 4) is 0 Å². The molecule has 21 heavy (non-hydrogen) atoms. The third-order valence-electron chi connectivity index (χ3n) is 3.26. The van der Waals surface area contributed by atoms with Crippen molar-refractivity contribution in [2.45, 2.75) is 32.3 Å². The number of hydrogen-bond acceptors (Lipinski definition) is 4. The summed E-state index contributed by atoms with van der Waals surface area (Å²) in [6, 6.07) is -0.265. The summed E-state index contributed by atoms with van der Waals surface area (Å²) in [7, 11) is 0. The Bertz CT molecular complexity index is 407. The van der Waals surface area contributed by atoms with Crippen molar-refractivity contribution in [1.29, 1.82) is 0 Å². The molecule has 8 nitrogen and oxygen atoms in total. The molecule has 3 N–H and O–H groups in total. The summed E-state index contributed by atoms with van der Waals surface area (Å²) < 4.78 is 5.25. The summed E-state index contributed by atoms with van der Waals surface area (Å²) in [5.41, 5.74) is 4.51. The van der Waals surface area contributed by atoms with Gasteiger partial charge in [0.1, 0.15) is 18.8 Å². The number of carboxylic acids is 1. The quantitative estimate of drug-likeness (QED) is 0.648. The number of nitrogens with zero attached hydrogens (tertiary/aromatic N) is 2. The standard InChI is InChI=1S/C13H23N3O5/c1-3-4-5-15(6-10(14)17)12(20)16-8-13(2,9-16)21-7-11(18)19/h3-9H2,1-2H3,(H2,14,17)(H,18,19). The van der Waals surface area contributed by atoms with Crippen molar-refractivity contribution < 1.29 is 24.2 Å². The zero-order valence-corrected chi connectivity index (χ0v) is 12.5. The Hall–Kier alpha value is -1.83. The van der Waals surface area contributed by atoms with Gasteiger partial charge in [0.2, 0.25) is 5.91 Å². The number of rotatable bonds is 8. The molecule has 0 spiro atoms. The molecule has 1 saturated heterocycles. The maximum atomic E-state index is 12.3. The summed E-state index contributed by atoms with van der Waals surface area (Å²) in [5, 5.41) is 8.59. The van der Waals surface area contributed by atoms with Gasteiger partial charge in [0, 0.05) is 6.54 Å². The van der Waals surface area contributed by atoms with E-state index in [1.165, 1.54) is 9.80 Å². The zero-order chi connectivity index (χ0) is 16.0. The minimum Gasteiger partial charge on any atom is -0.480 e. The number of aliphatic carboxylic acids is 1. The Balaban J connectivity index is 2.50. The Morgan fingerprint density at radius 3 is 2.48 bits per heavy atom. The molecule has 0 atom stereocenters. The first-order chi connectivity index (χ1) is 9.77. The van der Waals surface area contributed by atoms with E-state index in [9.17, 15) is 14.4 Å². The first-order valence-electron chi connectivity index (χ1n) is 6.95. The van der Waals surface area contributed by atoms with E-state index in [1.807, 2.05) is 6.92 Å². The van der Waals surface area contributed by atoms with Crippen LogP contribution in [0.15, 0.2) is 0 Å². The van der Waals surface area contributed by atoms with Crippen LogP contribution in [0, 0.1) is 0 Å². The maximum Gasteiger partial charge on any atom is 0.329 e. The monoisotopic (exact) mass is 301 g/mol. The molecule has 0 aromatic rings. The van der Waals surface area contributed by atoms with Crippen molar-refractivity contribution in [2.24, 2.45) is 5.73 Å². The fourth-order valence-corrected chi connectivity index (χ4v) is 2.20. The van der Waals surface area contributed by atoms with Crippen molar-refractivity contribution >= 4 is 17.9 Å². The van der Waals surface area contributed by atoms with Crippen LogP contribution in [-0.4, -0.2) is 71.2 Å². The second-order valence-corrected chi connectivity index (χ2v) is 5.51. The van der Waals surface area contributed by atoms with Crippen LogP contribution in [0.25, 0.3) is 0 Å². The number of primary amides is 1. The number of nitrogens with two attached hydrogens (primary N) is 1. The van der Waals surface area contributed by atoms with Gasteiger partial charge in [-0.25, -0.2) is 9.59 Å². The Morgan fingerprint density at radius 2 is 2.00 bits per heavy atom. The molecule has 0 radical (unpaired) electrons. The number of carboxylic acid groups (broad SMARTS) is 1. The van der Waals surface area contributed by atoms with Crippen LogP contribution in [0.2, 0.25) is 0 Å². The smallest absolute Gasteiger partial charge is 0.329 e. The average molecular weight is 301 g/mol. The normalized spacial score (nSPS) is 16.2. The summed E-state index contributed by atoms with van der Waals surface area (Å²) in [4.78, 5) is 36.7. The number of carbonyl (C=O) groups excluding carboxylic acids is 2. The van der Waals surface area contributed by atoms with E-state index in [0.717, 1.165) is 12.8 Å². The van der Waals surface area contributed by atoms with Gasteiger partial charge in [-0.2, -0.15) is 0 Å². The highest BCUT2D eigenvalue weighted by molar-refractivity contribution is 5.83. The fraction of sp³-hybridized carbons (Fsp3) is 0.769. The molecule has 0 aromatic heterocycles. The van der Waals surface area contributed by atoms with Gasteiger partial charge in [0.05, 0.1) is 13.1 Å². The topological polar surface area (TPSA) is 113 Å². The highest BCUT2D eigenvalue weighted by Gasteiger charge is 2.44. The molecule has 0 unspecified atom stereocenters. The number of ether oxygens (including phenoxy) is 1. The number of hydrogen-bond donors (Lipinski definition) is 2. The van der Waals surface area contributed by atoms with Crippen molar-refractivity contribution in [1.82, 2.24) is 9.80 Å². The molecule has 1 aliphatic rings. The van der Waals surface area contributed by atoms with Gasteiger partial charge in [0.25, 0.3) is 0 Å². The SMILES string of the molecule is CCCCN(CC(N)=O)C(=O)N1CC(C)(OCC(=O)O)C1. The van der Waals surface area contributed by atoms with Crippen LogP contribution in [0.4, 0.5) is 4.79 Å². The van der Waals surface area contributed by atoms with Gasteiger partial charge in [0.15, 0.2) is 0 Å². The van der Waals surface area contributed by atoms with E-state index in [2.05, 4.69) is 0 Å². The Labute approximate surface area is 123 Å². The fourth-order valence-electron chi connectivity index (χ4n) is 2.20. The predicted molar refractivity (Wildman–Crippen MR) is 74.6 cm³/mol.